The molecule has 0 spiro atoms. The van der Waals surface area contributed by atoms with Crippen LogP contribution in [0.25, 0.3) is 17.1 Å². The summed E-state index contributed by atoms with van der Waals surface area (Å²) in [5.41, 5.74) is 1.81. The van der Waals surface area contributed by atoms with E-state index in [0.717, 1.165) is 16.4 Å². The number of aromatic nitrogens is 5. The van der Waals surface area contributed by atoms with E-state index in [9.17, 15) is 0 Å². The van der Waals surface area contributed by atoms with Crippen LogP contribution >= 0.6 is 23.4 Å². The molecule has 0 bridgehead atoms. The van der Waals surface area contributed by atoms with Gasteiger partial charge < -0.3 is 4.52 Å². The maximum Gasteiger partial charge on any atom is 0.240 e. The van der Waals surface area contributed by atoms with E-state index in [1.807, 2.05) is 66.1 Å². The molecule has 6 nitrogen and oxygen atoms in total. The lowest BCUT2D eigenvalue weighted by atomic mass is 10.2. The molecule has 0 N–H and O–H groups in total. The molecule has 0 saturated carbocycles. The second kappa shape index (κ2) is 7.31. The number of hydrogen-bond acceptors (Lipinski definition) is 6. The van der Waals surface area contributed by atoms with Gasteiger partial charge in [0.25, 0.3) is 0 Å². The first-order valence-electron chi connectivity index (χ1n) is 7.92. The van der Waals surface area contributed by atoms with E-state index in [0.29, 0.717) is 16.7 Å². The zero-order valence-corrected chi connectivity index (χ0v) is 15.4. The smallest absolute Gasteiger partial charge is 0.240 e. The maximum atomic E-state index is 6.08. The van der Waals surface area contributed by atoms with Crippen LogP contribution in [0.1, 0.15) is 18.1 Å². The van der Waals surface area contributed by atoms with Crippen LogP contribution in [-0.4, -0.2) is 24.9 Å². The van der Waals surface area contributed by atoms with E-state index in [2.05, 4.69) is 20.3 Å². The summed E-state index contributed by atoms with van der Waals surface area (Å²) in [6.07, 6.45) is 1.66. The predicted molar refractivity (Wildman–Crippen MR) is 100 cm³/mol. The third-order valence-corrected chi connectivity index (χ3v) is 4.99. The normalized spacial score (nSPS) is 12.2. The first-order valence-corrected chi connectivity index (χ1v) is 9.18. The Kier molecular flexibility index (Phi) is 4.73. The number of halogens is 1. The minimum Gasteiger partial charge on any atom is -0.338 e. The molecule has 0 aliphatic rings. The quantitative estimate of drug-likeness (QED) is 0.460. The van der Waals surface area contributed by atoms with E-state index in [4.69, 9.17) is 16.1 Å². The molecule has 8 heteroatoms. The minimum atomic E-state index is -0.0814. The molecule has 1 atom stereocenters. The highest BCUT2D eigenvalue weighted by atomic mass is 35.5. The Morgan fingerprint density at radius 1 is 1.12 bits per heavy atom. The molecule has 2 heterocycles. The van der Waals surface area contributed by atoms with Crippen molar-refractivity contribution >= 4 is 23.4 Å². The standard InChI is InChI=1S/C18H14ClN5OS/c1-12(17-21-16(23-25-17)13-6-3-2-4-7-13)26-18-22-20-11-24(18)15-9-5-8-14(19)10-15/h2-12H,1H3. The highest BCUT2D eigenvalue weighted by Crippen LogP contribution is 2.34. The highest BCUT2D eigenvalue weighted by molar-refractivity contribution is 7.99. The van der Waals surface area contributed by atoms with Crippen LogP contribution in [0.3, 0.4) is 0 Å². The molecule has 0 aliphatic heterocycles. The Balaban J connectivity index is 1.56. The van der Waals surface area contributed by atoms with Crippen molar-refractivity contribution in [2.45, 2.75) is 17.3 Å². The lowest BCUT2D eigenvalue weighted by molar-refractivity contribution is 0.380. The van der Waals surface area contributed by atoms with Gasteiger partial charge in [0.05, 0.1) is 10.9 Å². The van der Waals surface area contributed by atoms with Crippen LogP contribution in [0.2, 0.25) is 5.02 Å². The SMILES string of the molecule is CC(Sc1nncn1-c1cccc(Cl)c1)c1nc(-c2ccccc2)no1. The van der Waals surface area contributed by atoms with Crippen molar-refractivity contribution in [2.75, 3.05) is 0 Å². The fourth-order valence-electron chi connectivity index (χ4n) is 2.42. The fraction of sp³-hybridized carbons (Fsp3) is 0.111. The second-order valence-electron chi connectivity index (χ2n) is 5.55. The van der Waals surface area contributed by atoms with Gasteiger partial charge in [0.15, 0.2) is 5.16 Å². The van der Waals surface area contributed by atoms with Crippen LogP contribution in [0.15, 0.2) is 70.6 Å². The van der Waals surface area contributed by atoms with Gasteiger partial charge in [0, 0.05) is 10.6 Å². The summed E-state index contributed by atoms with van der Waals surface area (Å²) in [7, 11) is 0. The van der Waals surface area contributed by atoms with Crippen molar-refractivity contribution in [1.82, 2.24) is 24.9 Å². The molecule has 130 valence electrons. The predicted octanol–water partition coefficient (Wildman–Crippen LogP) is 4.82. The summed E-state index contributed by atoms with van der Waals surface area (Å²) < 4.78 is 7.31. The number of rotatable bonds is 5. The highest BCUT2D eigenvalue weighted by Gasteiger charge is 2.19. The monoisotopic (exact) mass is 383 g/mol. The summed E-state index contributed by atoms with van der Waals surface area (Å²) in [6.45, 7) is 1.99. The van der Waals surface area contributed by atoms with Gasteiger partial charge >= 0.3 is 0 Å². The molecule has 0 amide bonds. The number of hydrogen-bond donors (Lipinski definition) is 0. The van der Waals surface area contributed by atoms with Crippen molar-refractivity contribution < 1.29 is 4.52 Å². The molecule has 0 fully saturated rings. The molecule has 2 aromatic carbocycles. The Labute approximate surface area is 159 Å². The van der Waals surface area contributed by atoms with Gasteiger partial charge in [-0.3, -0.25) is 4.57 Å². The lowest BCUT2D eigenvalue weighted by Gasteiger charge is -2.08. The summed E-state index contributed by atoms with van der Waals surface area (Å²) in [4.78, 5) is 4.50. The van der Waals surface area contributed by atoms with Crippen molar-refractivity contribution in [3.8, 4) is 17.1 Å². The summed E-state index contributed by atoms with van der Waals surface area (Å²) >= 11 is 7.57. The van der Waals surface area contributed by atoms with Crippen molar-refractivity contribution in [3.63, 3.8) is 0 Å². The maximum absolute atomic E-state index is 6.08. The van der Waals surface area contributed by atoms with Gasteiger partial charge in [-0.15, -0.1) is 10.2 Å². The molecular formula is C18H14ClN5OS. The molecule has 0 saturated heterocycles. The first kappa shape index (κ1) is 16.8. The third-order valence-electron chi connectivity index (χ3n) is 3.71. The summed E-state index contributed by atoms with van der Waals surface area (Å²) in [6, 6.07) is 17.3. The van der Waals surface area contributed by atoms with Crippen molar-refractivity contribution in [2.24, 2.45) is 0 Å². The topological polar surface area (TPSA) is 69.6 Å². The van der Waals surface area contributed by atoms with E-state index in [1.54, 1.807) is 6.33 Å². The van der Waals surface area contributed by atoms with Crippen molar-refractivity contribution in [3.05, 3.63) is 71.8 Å². The van der Waals surface area contributed by atoms with Crippen LogP contribution in [-0.2, 0) is 0 Å². The van der Waals surface area contributed by atoms with E-state index in [1.165, 1.54) is 11.8 Å². The van der Waals surface area contributed by atoms with Gasteiger partial charge in [-0.2, -0.15) is 4.98 Å². The largest absolute Gasteiger partial charge is 0.338 e. The zero-order valence-electron chi connectivity index (χ0n) is 13.8. The molecule has 4 aromatic rings. The molecule has 1 unspecified atom stereocenters. The van der Waals surface area contributed by atoms with Gasteiger partial charge in [-0.05, 0) is 25.1 Å². The van der Waals surface area contributed by atoms with Crippen LogP contribution in [0, 0.1) is 0 Å². The third kappa shape index (κ3) is 3.49. The average Bonchev–Trinajstić information content (AvgIpc) is 3.32. The Morgan fingerprint density at radius 3 is 2.77 bits per heavy atom. The van der Waals surface area contributed by atoms with Crippen LogP contribution < -0.4 is 0 Å². The van der Waals surface area contributed by atoms with Crippen LogP contribution in [0.4, 0.5) is 0 Å². The first-order chi connectivity index (χ1) is 12.7. The average molecular weight is 384 g/mol. The summed E-state index contributed by atoms with van der Waals surface area (Å²) in [5, 5.41) is 13.6. The minimum absolute atomic E-state index is 0.0814. The summed E-state index contributed by atoms with van der Waals surface area (Å²) in [5.74, 6) is 1.11. The van der Waals surface area contributed by atoms with Crippen LogP contribution in [0.5, 0.6) is 0 Å². The van der Waals surface area contributed by atoms with E-state index in [-0.39, 0.29) is 5.25 Å². The molecule has 0 aliphatic carbocycles. The van der Waals surface area contributed by atoms with Gasteiger partial charge in [-0.1, -0.05) is 64.9 Å². The molecule has 2 aromatic heterocycles. The molecule has 0 radical (unpaired) electrons. The number of nitrogens with zero attached hydrogens (tertiary/aromatic N) is 5. The Morgan fingerprint density at radius 2 is 1.96 bits per heavy atom. The number of thioether (sulfide) groups is 1. The second-order valence-corrected chi connectivity index (χ2v) is 7.29. The molecule has 4 rings (SSSR count). The van der Waals surface area contributed by atoms with Gasteiger partial charge in [0.2, 0.25) is 11.7 Å². The zero-order chi connectivity index (χ0) is 17.9. The van der Waals surface area contributed by atoms with Crippen molar-refractivity contribution in [1.29, 1.82) is 0 Å². The fourth-order valence-corrected chi connectivity index (χ4v) is 3.48. The van der Waals surface area contributed by atoms with E-state index < -0.39 is 0 Å². The van der Waals surface area contributed by atoms with Gasteiger partial charge in [0.1, 0.15) is 6.33 Å². The lowest BCUT2D eigenvalue weighted by Crippen LogP contribution is -1.97. The molecular weight excluding hydrogens is 370 g/mol. The Bertz CT molecular complexity index is 1020. The Hall–Kier alpha value is -2.64. The van der Waals surface area contributed by atoms with Gasteiger partial charge in [-0.25, -0.2) is 0 Å². The molecule has 26 heavy (non-hydrogen) atoms. The number of benzene rings is 2. The van der Waals surface area contributed by atoms with E-state index >= 15 is 0 Å².